The van der Waals surface area contributed by atoms with Crippen LogP contribution in [0.4, 0.5) is 0 Å². The van der Waals surface area contributed by atoms with E-state index in [0.29, 0.717) is 0 Å². The van der Waals surface area contributed by atoms with Crippen LogP contribution in [0, 0.1) is 0 Å². The Morgan fingerprint density at radius 3 is 2.69 bits per heavy atom. The van der Waals surface area contributed by atoms with Gasteiger partial charge in [-0.3, -0.25) is 4.79 Å². The standard InChI is InChI=1S/C10H17NO2/c1-3-5-6-7-9(4-2)11-8-10(12)13/h3-4,9,11H,1-2,5-8H2,(H,12,13). The molecule has 0 bridgehead atoms. The lowest BCUT2D eigenvalue weighted by Gasteiger charge is -2.11. The zero-order chi connectivity index (χ0) is 10.1. The molecule has 0 saturated heterocycles. The Labute approximate surface area is 79.2 Å². The Balaban J connectivity index is 3.56. The quantitative estimate of drug-likeness (QED) is 0.443. The molecule has 0 aromatic rings. The van der Waals surface area contributed by atoms with Gasteiger partial charge in [-0.15, -0.1) is 13.2 Å². The molecule has 0 amide bonds. The van der Waals surface area contributed by atoms with E-state index in [-0.39, 0.29) is 12.6 Å². The van der Waals surface area contributed by atoms with Gasteiger partial charge in [-0.05, 0) is 19.3 Å². The zero-order valence-electron chi connectivity index (χ0n) is 7.83. The van der Waals surface area contributed by atoms with Gasteiger partial charge < -0.3 is 10.4 Å². The Kier molecular flexibility index (Phi) is 6.92. The van der Waals surface area contributed by atoms with Crippen molar-refractivity contribution in [2.45, 2.75) is 25.3 Å². The number of unbranched alkanes of at least 4 members (excludes halogenated alkanes) is 1. The minimum absolute atomic E-state index is 0.00915. The summed E-state index contributed by atoms with van der Waals surface area (Å²) in [5.41, 5.74) is 0. The van der Waals surface area contributed by atoms with Crippen LogP contribution in [-0.4, -0.2) is 23.7 Å². The van der Waals surface area contributed by atoms with Crippen LogP contribution in [0.25, 0.3) is 0 Å². The third-order valence-corrected chi connectivity index (χ3v) is 1.72. The van der Waals surface area contributed by atoms with E-state index < -0.39 is 5.97 Å². The fourth-order valence-corrected chi connectivity index (χ4v) is 1.00. The molecule has 2 N–H and O–H groups in total. The molecule has 0 rings (SSSR count). The third kappa shape index (κ3) is 7.28. The van der Waals surface area contributed by atoms with Gasteiger partial charge in [0.05, 0.1) is 6.54 Å². The molecule has 0 heterocycles. The van der Waals surface area contributed by atoms with Gasteiger partial charge >= 0.3 is 5.97 Å². The van der Waals surface area contributed by atoms with Crippen molar-refractivity contribution in [3.8, 4) is 0 Å². The molecular formula is C10H17NO2. The fourth-order valence-electron chi connectivity index (χ4n) is 1.00. The van der Waals surface area contributed by atoms with E-state index in [1.54, 1.807) is 6.08 Å². The van der Waals surface area contributed by atoms with E-state index >= 15 is 0 Å². The SMILES string of the molecule is C=CCCCC(C=C)NCC(=O)O. The van der Waals surface area contributed by atoms with Crippen molar-refractivity contribution in [3.63, 3.8) is 0 Å². The molecule has 0 aliphatic rings. The summed E-state index contributed by atoms with van der Waals surface area (Å²) < 4.78 is 0. The van der Waals surface area contributed by atoms with Gasteiger partial charge in [0.15, 0.2) is 0 Å². The predicted molar refractivity (Wildman–Crippen MR) is 53.7 cm³/mol. The number of carbonyl (C=O) groups is 1. The van der Waals surface area contributed by atoms with Gasteiger partial charge in [0.1, 0.15) is 0 Å². The largest absolute Gasteiger partial charge is 0.480 e. The molecule has 0 fully saturated rings. The minimum atomic E-state index is -0.837. The Hall–Kier alpha value is -1.09. The molecule has 0 aliphatic carbocycles. The normalized spacial score (nSPS) is 12.0. The van der Waals surface area contributed by atoms with Crippen LogP contribution in [0.1, 0.15) is 19.3 Å². The van der Waals surface area contributed by atoms with Crippen LogP contribution in [-0.2, 0) is 4.79 Å². The smallest absolute Gasteiger partial charge is 0.317 e. The molecule has 0 radical (unpaired) electrons. The van der Waals surface area contributed by atoms with E-state index in [1.807, 2.05) is 6.08 Å². The van der Waals surface area contributed by atoms with Gasteiger partial charge in [-0.1, -0.05) is 12.2 Å². The maximum absolute atomic E-state index is 10.2. The van der Waals surface area contributed by atoms with Crippen LogP contribution >= 0.6 is 0 Å². The lowest BCUT2D eigenvalue weighted by atomic mass is 10.1. The Morgan fingerprint density at radius 2 is 2.23 bits per heavy atom. The Bertz CT molecular complexity index is 178. The molecule has 0 aromatic heterocycles. The molecule has 0 aliphatic heterocycles. The molecule has 3 heteroatoms. The number of carboxylic acids is 1. The highest BCUT2D eigenvalue weighted by Gasteiger charge is 2.04. The average molecular weight is 183 g/mol. The summed E-state index contributed by atoms with van der Waals surface area (Å²) in [5, 5.41) is 11.3. The molecule has 74 valence electrons. The number of hydrogen-bond acceptors (Lipinski definition) is 2. The highest BCUT2D eigenvalue weighted by Crippen LogP contribution is 2.01. The first kappa shape index (κ1) is 11.9. The summed E-state index contributed by atoms with van der Waals surface area (Å²) in [6, 6.07) is 0.0936. The van der Waals surface area contributed by atoms with Crippen molar-refractivity contribution in [2.24, 2.45) is 0 Å². The predicted octanol–water partition coefficient (Wildman–Crippen LogP) is 1.57. The molecular weight excluding hydrogens is 166 g/mol. The lowest BCUT2D eigenvalue weighted by molar-refractivity contribution is -0.136. The maximum Gasteiger partial charge on any atom is 0.317 e. The number of carboxylic acid groups (broad SMARTS) is 1. The van der Waals surface area contributed by atoms with Crippen LogP contribution in [0.15, 0.2) is 25.3 Å². The third-order valence-electron chi connectivity index (χ3n) is 1.72. The second-order valence-electron chi connectivity index (χ2n) is 2.84. The van der Waals surface area contributed by atoms with Crippen molar-refractivity contribution in [1.29, 1.82) is 0 Å². The highest BCUT2D eigenvalue weighted by atomic mass is 16.4. The van der Waals surface area contributed by atoms with Crippen molar-refractivity contribution in [3.05, 3.63) is 25.3 Å². The lowest BCUT2D eigenvalue weighted by Crippen LogP contribution is -2.31. The first-order chi connectivity index (χ1) is 6.20. The van der Waals surface area contributed by atoms with E-state index in [1.165, 1.54) is 0 Å². The molecule has 0 saturated carbocycles. The van der Waals surface area contributed by atoms with Crippen molar-refractivity contribution in [2.75, 3.05) is 6.54 Å². The first-order valence-electron chi connectivity index (χ1n) is 4.39. The first-order valence-corrected chi connectivity index (χ1v) is 4.39. The van der Waals surface area contributed by atoms with Crippen molar-refractivity contribution in [1.82, 2.24) is 5.32 Å². The minimum Gasteiger partial charge on any atom is -0.480 e. The molecule has 0 aromatic carbocycles. The summed E-state index contributed by atoms with van der Waals surface area (Å²) in [7, 11) is 0. The second kappa shape index (κ2) is 7.55. The molecule has 13 heavy (non-hydrogen) atoms. The van der Waals surface area contributed by atoms with Gasteiger partial charge in [-0.2, -0.15) is 0 Å². The monoisotopic (exact) mass is 183 g/mol. The highest BCUT2D eigenvalue weighted by molar-refractivity contribution is 5.69. The van der Waals surface area contributed by atoms with E-state index in [2.05, 4.69) is 18.5 Å². The van der Waals surface area contributed by atoms with E-state index in [4.69, 9.17) is 5.11 Å². The summed E-state index contributed by atoms with van der Waals surface area (Å²) in [4.78, 5) is 10.2. The zero-order valence-corrected chi connectivity index (χ0v) is 7.83. The molecule has 1 atom stereocenters. The van der Waals surface area contributed by atoms with Gasteiger partial charge in [0, 0.05) is 6.04 Å². The summed E-state index contributed by atoms with van der Waals surface area (Å²) in [6.45, 7) is 7.24. The van der Waals surface area contributed by atoms with Crippen LogP contribution in [0.2, 0.25) is 0 Å². The van der Waals surface area contributed by atoms with Gasteiger partial charge in [0.2, 0.25) is 0 Å². The average Bonchev–Trinajstić information content (AvgIpc) is 2.10. The second-order valence-corrected chi connectivity index (χ2v) is 2.84. The summed E-state index contributed by atoms with van der Waals surface area (Å²) in [6.07, 6.45) is 6.47. The molecule has 0 spiro atoms. The fraction of sp³-hybridized carbons (Fsp3) is 0.500. The van der Waals surface area contributed by atoms with Crippen LogP contribution < -0.4 is 5.32 Å². The summed E-state index contributed by atoms with van der Waals surface area (Å²) in [5.74, 6) is -0.837. The number of allylic oxidation sites excluding steroid dienone is 1. The topological polar surface area (TPSA) is 49.3 Å². The van der Waals surface area contributed by atoms with Crippen molar-refractivity contribution < 1.29 is 9.90 Å². The van der Waals surface area contributed by atoms with Gasteiger partial charge in [0.25, 0.3) is 0 Å². The van der Waals surface area contributed by atoms with E-state index in [9.17, 15) is 4.79 Å². The Morgan fingerprint density at radius 1 is 1.54 bits per heavy atom. The maximum atomic E-state index is 10.2. The molecule has 3 nitrogen and oxygen atoms in total. The van der Waals surface area contributed by atoms with Gasteiger partial charge in [-0.25, -0.2) is 0 Å². The number of rotatable bonds is 8. The van der Waals surface area contributed by atoms with E-state index in [0.717, 1.165) is 19.3 Å². The summed E-state index contributed by atoms with van der Waals surface area (Å²) >= 11 is 0. The number of aliphatic carboxylic acids is 1. The number of nitrogens with one attached hydrogen (secondary N) is 1. The number of hydrogen-bond donors (Lipinski definition) is 2. The van der Waals surface area contributed by atoms with Crippen LogP contribution in [0.5, 0.6) is 0 Å². The molecule has 1 unspecified atom stereocenters. The van der Waals surface area contributed by atoms with Crippen molar-refractivity contribution >= 4 is 5.97 Å². The van der Waals surface area contributed by atoms with Crippen LogP contribution in [0.3, 0.4) is 0 Å².